The zero-order valence-electron chi connectivity index (χ0n) is 13.9. The number of rotatable bonds is 3. The molecule has 2 aliphatic rings. The summed E-state index contributed by atoms with van der Waals surface area (Å²) in [5.41, 5.74) is 1.26. The highest BCUT2D eigenvalue weighted by molar-refractivity contribution is 7.08. The van der Waals surface area contributed by atoms with Gasteiger partial charge >= 0.3 is 0 Å². The van der Waals surface area contributed by atoms with Gasteiger partial charge in [0.05, 0.1) is 11.8 Å². The molecule has 2 amide bonds. The standard InChI is InChI=1S/C18H20N4O2S/c23-16(14-11-19-6-7-20-14)21-15-1-3-18(15)4-8-22(9-5-18)17(24)13-2-10-25-12-13/h2,6-7,10-12,15H,1,3-5,8-9H2,(H,21,23). The van der Waals surface area contributed by atoms with Gasteiger partial charge in [-0.15, -0.1) is 0 Å². The first-order chi connectivity index (χ1) is 12.2. The van der Waals surface area contributed by atoms with E-state index in [4.69, 9.17) is 0 Å². The van der Waals surface area contributed by atoms with Gasteiger partial charge in [-0.3, -0.25) is 14.6 Å². The van der Waals surface area contributed by atoms with E-state index in [0.29, 0.717) is 5.69 Å². The van der Waals surface area contributed by atoms with E-state index in [1.54, 1.807) is 17.5 Å². The molecule has 4 rings (SSSR count). The lowest BCUT2D eigenvalue weighted by molar-refractivity contribution is -0.00238. The van der Waals surface area contributed by atoms with E-state index < -0.39 is 0 Å². The van der Waals surface area contributed by atoms with Crippen LogP contribution in [0.15, 0.2) is 35.4 Å². The number of hydrogen-bond donors (Lipinski definition) is 1. The van der Waals surface area contributed by atoms with Crippen LogP contribution in [0.4, 0.5) is 0 Å². The van der Waals surface area contributed by atoms with Crippen molar-refractivity contribution in [2.24, 2.45) is 5.41 Å². The van der Waals surface area contributed by atoms with Crippen LogP contribution in [0.1, 0.15) is 46.5 Å². The maximum atomic E-state index is 12.5. The Bertz CT molecular complexity index is 755. The van der Waals surface area contributed by atoms with Gasteiger partial charge in [-0.2, -0.15) is 11.3 Å². The minimum atomic E-state index is -0.158. The average Bonchev–Trinajstić information content (AvgIpc) is 3.20. The van der Waals surface area contributed by atoms with Crippen LogP contribution in [0.3, 0.4) is 0 Å². The Morgan fingerprint density at radius 1 is 1.24 bits per heavy atom. The molecule has 2 aromatic rings. The molecule has 3 heterocycles. The Balaban J connectivity index is 1.36. The maximum absolute atomic E-state index is 12.5. The second-order valence-electron chi connectivity index (χ2n) is 6.82. The molecule has 1 saturated heterocycles. The van der Waals surface area contributed by atoms with E-state index in [1.165, 1.54) is 12.4 Å². The number of nitrogens with zero attached hydrogens (tertiary/aromatic N) is 3. The van der Waals surface area contributed by atoms with Crippen LogP contribution >= 0.6 is 11.3 Å². The van der Waals surface area contributed by atoms with E-state index >= 15 is 0 Å². The lowest BCUT2D eigenvalue weighted by Crippen LogP contribution is -2.59. The van der Waals surface area contributed by atoms with Crippen molar-refractivity contribution in [3.8, 4) is 0 Å². The first kappa shape index (κ1) is 16.2. The summed E-state index contributed by atoms with van der Waals surface area (Å²) in [6.07, 6.45) is 8.55. The molecule has 2 aromatic heterocycles. The Labute approximate surface area is 150 Å². The van der Waals surface area contributed by atoms with Crippen LogP contribution in [0, 0.1) is 5.41 Å². The first-order valence-electron chi connectivity index (χ1n) is 8.56. The molecule has 0 aromatic carbocycles. The van der Waals surface area contributed by atoms with E-state index in [-0.39, 0.29) is 23.3 Å². The lowest BCUT2D eigenvalue weighted by atomic mass is 9.59. The van der Waals surface area contributed by atoms with Crippen molar-refractivity contribution in [3.63, 3.8) is 0 Å². The minimum absolute atomic E-state index is 0.121. The van der Waals surface area contributed by atoms with Gasteiger partial charge in [-0.05, 0) is 42.5 Å². The largest absolute Gasteiger partial charge is 0.347 e. The van der Waals surface area contributed by atoms with Gasteiger partial charge in [0.2, 0.25) is 0 Å². The SMILES string of the molecule is O=C(NC1CCC12CCN(C(=O)c1ccsc1)CC2)c1cnccn1. The zero-order valence-corrected chi connectivity index (χ0v) is 14.7. The highest BCUT2D eigenvalue weighted by atomic mass is 32.1. The summed E-state index contributed by atoms with van der Waals surface area (Å²) in [4.78, 5) is 34.7. The predicted octanol–water partition coefficient (Wildman–Crippen LogP) is 2.35. The van der Waals surface area contributed by atoms with E-state index in [0.717, 1.165) is 44.3 Å². The fraction of sp³-hybridized carbons (Fsp3) is 0.444. The van der Waals surface area contributed by atoms with Gasteiger partial charge in [-0.25, -0.2) is 4.98 Å². The minimum Gasteiger partial charge on any atom is -0.347 e. The second-order valence-corrected chi connectivity index (χ2v) is 7.60. The Kier molecular flexibility index (Phi) is 4.25. The topological polar surface area (TPSA) is 75.2 Å². The van der Waals surface area contributed by atoms with Crippen molar-refractivity contribution < 1.29 is 9.59 Å². The van der Waals surface area contributed by atoms with E-state index in [1.807, 2.05) is 21.7 Å². The first-order valence-corrected chi connectivity index (χ1v) is 9.51. The average molecular weight is 356 g/mol. The summed E-state index contributed by atoms with van der Waals surface area (Å²) in [7, 11) is 0. The van der Waals surface area contributed by atoms with Crippen LogP contribution < -0.4 is 5.32 Å². The maximum Gasteiger partial charge on any atom is 0.271 e. The zero-order chi connectivity index (χ0) is 17.3. The molecule has 1 saturated carbocycles. The summed E-state index contributed by atoms with van der Waals surface area (Å²) in [5.74, 6) is -0.0375. The number of carbonyl (C=O) groups excluding carboxylic acids is 2. The number of aromatic nitrogens is 2. The molecule has 2 fully saturated rings. The van der Waals surface area contributed by atoms with Crippen LogP contribution in [-0.4, -0.2) is 45.8 Å². The fourth-order valence-corrected chi connectivity index (χ4v) is 4.52. The molecule has 1 unspecified atom stereocenters. The van der Waals surface area contributed by atoms with Crippen LogP contribution in [0.2, 0.25) is 0 Å². The second kappa shape index (κ2) is 6.55. The highest BCUT2D eigenvalue weighted by Crippen LogP contribution is 2.49. The van der Waals surface area contributed by atoms with E-state index in [2.05, 4.69) is 15.3 Å². The smallest absolute Gasteiger partial charge is 0.271 e. The van der Waals surface area contributed by atoms with Crippen molar-refractivity contribution in [1.29, 1.82) is 0 Å². The molecule has 1 spiro atoms. The number of nitrogens with one attached hydrogen (secondary N) is 1. The third-order valence-electron chi connectivity index (χ3n) is 5.59. The summed E-state index contributed by atoms with van der Waals surface area (Å²) < 4.78 is 0. The number of amides is 2. The van der Waals surface area contributed by atoms with Gasteiger partial charge in [0.1, 0.15) is 5.69 Å². The molecule has 7 heteroatoms. The summed E-state index contributed by atoms with van der Waals surface area (Å²) >= 11 is 1.55. The molecule has 25 heavy (non-hydrogen) atoms. The normalized spacial score (nSPS) is 21.6. The van der Waals surface area contributed by atoms with E-state index in [9.17, 15) is 9.59 Å². The Morgan fingerprint density at radius 2 is 2.08 bits per heavy atom. The molecule has 1 aliphatic carbocycles. The summed E-state index contributed by atoms with van der Waals surface area (Å²) in [5, 5.41) is 6.96. The van der Waals surface area contributed by atoms with Crippen LogP contribution in [-0.2, 0) is 0 Å². The van der Waals surface area contributed by atoms with Crippen LogP contribution in [0.25, 0.3) is 0 Å². The monoisotopic (exact) mass is 356 g/mol. The predicted molar refractivity (Wildman–Crippen MR) is 94.4 cm³/mol. The molecule has 0 bridgehead atoms. The molecule has 1 N–H and O–H groups in total. The summed E-state index contributed by atoms with van der Waals surface area (Å²) in [6, 6.07) is 2.05. The van der Waals surface area contributed by atoms with Crippen LogP contribution in [0.5, 0.6) is 0 Å². The van der Waals surface area contributed by atoms with Gasteiger partial charge in [0.25, 0.3) is 11.8 Å². The number of piperidine rings is 1. The molecule has 6 nitrogen and oxygen atoms in total. The molecule has 0 radical (unpaired) electrons. The Morgan fingerprint density at radius 3 is 2.68 bits per heavy atom. The third kappa shape index (κ3) is 3.04. The summed E-state index contributed by atoms with van der Waals surface area (Å²) in [6.45, 7) is 1.51. The lowest BCUT2D eigenvalue weighted by Gasteiger charge is -2.54. The van der Waals surface area contributed by atoms with Gasteiger partial charge in [0, 0.05) is 36.9 Å². The number of hydrogen-bond acceptors (Lipinski definition) is 5. The molecule has 1 atom stereocenters. The molecule has 130 valence electrons. The number of thiophene rings is 1. The Hall–Kier alpha value is -2.28. The quantitative estimate of drug-likeness (QED) is 0.916. The van der Waals surface area contributed by atoms with Gasteiger partial charge in [-0.1, -0.05) is 0 Å². The van der Waals surface area contributed by atoms with Crippen molar-refractivity contribution in [2.75, 3.05) is 13.1 Å². The van der Waals surface area contributed by atoms with Gasteiger partial charge in [0.15, 0.2) is 0 Å². The fourth-order valence-electron chi connectivity index (χ4n) is 3.89. The third-order valence-corrected chi connectivity index (χ3v) is 6.27. The number of carbonyl (C=O) groups is 2. The molecular weight excluding hydrogens is 336 g/mol. The van der Waals surface area contributed by atoms with Gasteiger partial charge < -0.3 is 10.2 Å². The number of likely N-dealkylation sites (tertiary alicyclic amines) is 1. The molecular formula is C18H20N4O2S. The van der Waals surface area contributed by atoms with Crippen molar-refractivity contribution in [1.82, 2.24) is 20.2 Å². The van der Waals surface area contributed by atoms with Crippen molar-refractivity contribution in [3.05, 3.63) is 46.7 Å². The van der Waals surface area contributed by atoms with Crippen molar-refractivity contribution in [2.45, 2.75) is 31.7 Å². The van der Waals surface area contributed by atoms with Crippen molar-refractivity contribution >= 4 is 23.2 Å². The molecule has 1 aliphatic heterocycles. The highest BCUT2D eigenvalue weighted by Gasteiger charge is 2.49.